The van der Waals surface area contributed by atoms with E-state index < -0.39 is 0 Å². The minimum atomic E-state index is -0.330. The predicted molar refractivity (Wildman–Crippen MR) is 93.1 cm³/mol. The number of amides is 1. The number of rotatable bonds is 6. The van der Waals surface area contributed by atoms with Gasteiger partial charge in [-0.25, -0.2) is 0 Å². The molecule has 23 heavy (non-hydrogen) atoms. The number of carbonyl (C=O) groups is 1. The molecule has 0 saturated heterocycles. The summed E-state index contributed by atoms with van der Waals surface area (Å²) in [5, 5.41) is 3.42. The Balaban J connectivity index is 2.04. The molecule has 0 aromatic heterocycles. The van der Waals surface area contributed by atoms with Crippen LogP contribution in [-0.4, -0.2) is 19.8 Å². The predicted octanol–water partition coefficient (Wildman–Crippen LogP) is 4.63. The summed E-state index contributed by atoms with van der Waals surface area (Å²) in [4.78, 5) is 12.0. The summed E-state index contributed by atoms with van der Waals surface area (Å²) in [6, 6.07) is 12.3. The highest BCUT2D eigenvalue weighted by Crippen LogP contribution is 2.29. The maximum atomic E-state index is 12.0. The molecule has 0 unspecified atom stereocenters. The molecule has 0 atom stereocenters. The fourth-order valence-electron chi connectivity index (χ4n) is 1.79. The topological polar surface area (TPSA) is 47.6 Å². The lowest BCUT2D eigenvalue weighted by Crippen LogP contribution is -2.08. The zero-order valence-electron chi connectivity index (χ0n) is 12.4. The van der Waals surface area contributed by atoms with E-state index in [4.69, 9.17) is 32.7 Å². The zero-order chi connectivity index (χ0) is 16.7. The van der Waals surface area contributed by atoms with Gasteiger partial charge in [0.15, 0.2) is 6.79 Å². The Morgan fingerprint density at radius 3 is 2.57 bits per heavy atom. The van der Waals surface area contributed by atoms with Crippen molar-refractivity contribution in [2.45, 2.75) is 0 Å². The van der Waals surface area contributed by atoms with E-state index in [0.717, 1.165) is 5.56 Å². The van der Waals surface area contributed by atoms with E-state index in [1.807, 2.05) is 12.1 Å². The number of para-hydroxylation sites is 1. The van der Waals surface area contributed by atoms with Crippen molar-refractivity contribution < 1.29 is 14.3 Å². The normalized spacial score (nSPS) is 10.7. The van der Waals surface area contributed by atoms with Gasteiger partial charge in [0, 0.05) is 13.2 Å². The van der Waals surface area contributed by atoms with E-state index in [-0.39, 0.29) is 12.7 Å². The summed E-state index contributed by atoms with van der Waals surface area (Å²) in [6.07, 6.45) is 3.06. The lowest BCUT2D eigenvalue weighted by molar-refractivity contribution is -0.111. The van der Waals surface area contributed by atoms with E-state index in [9.17, 15) is 4.79 Å². The van der Waals surface area contributed by atoms with Crippen LogP contribution in [0.3, 0.4) is 0 Å². The summed E-state index contributed by atoms with van der Waals surface area (Å²) in [5.41, 5.74) is 1.21. The summed E-state index contributed by atoms with van der Waals surface area (Å²) in [5.74, 6) is 0.326. The highest BCUT2D eigenvalue weighted by molar-refractivity contribution is 6.39. The van der Waals surface area contributed by atoms with Crippen LogP contribution in [0.1, 0.15) is 5.56 Å². The number of hydrogen-bond donors (Lipinski definition) is 1. The van der Waals surface area contributed by atoms with Crippen LogP contribution >= 0.6 is 23.2 Å². The second kappa shape index (κ2) is 8.58. The highest BCUT2D eigenvalue weighted by Gasteiger charge is 2.07. The molecule has 0 spiro atoms. The first-order chi connectivity index (χ1) is 11.1. The molecule has 0 aliphatic carbocycles. The minimum absolute atomic E-state index is 0.165. The van der Waals surface area contributed by atoms with Crippen LogP contribution in [0.25, 0.3) is 6.08 Å². The number of methoxy groups -OCH3 is 1. The lowest BCUT2D eigenvalue weighted by atomic mass is 10.2. The Morgan fingerprint density at radius 1 is 1.17 bits per heavy atom. The number of benzene rings is 2. The molecule has 0 fully saturated rings. The Morgan fingerprint density at radius 2 is 1.87 bits per heavy atom. The largest absolute Gasteiger partial charge is 0.468 e. The van der Waals surface area contributed by atoms with Crippen molar-refractivity contribution >= 4 is 40.9 Å². The SMILES string of the molecule is COCOc1cccc(/C=C/C(=O)Nc2c(Cl)cccc2Cl)c1. The molecule has 2 aromatic carbocycles. The Bertz CT molecular complexity index is 696. The molecule has 0 aliphatic heterocycles. The van der Waals surface area contributed by atoms with Gasteiger partial charge in [-0.1, -0.05) is 41.4 Å². The fraction of sp³-hybridized carbons (Fsp3) is 0.118. The fourth-order valence-corrected chi connectivity index (χ4v) is 2.28. The van der Waals surface area contributed by atoms with Crippen molar-refractivity contribution in [3.05, 3.63) is 64.1 Å². The summed E-state index contributed by atoms with van der Waals surface area (Å²) in [7, 11) is 1.55. The molecule has 2 rings (SSSR count). The standard InChI is InChI=1S/C17H15Cl2NO3/c1-22-11-23-13-5-2-4-12(10-13)8-9-16(21)20-17-14(18)6-3-7-15(17)19/h2-10H,11H2,1H3,(H,20,21)/b9-8+. The molecule has 0 aliphatic rings. The van der Waals surface area contributed by atoms with Crippen LogP contribution in [-0.2, 0) is 9.53 Å². The third-order valence-corrected chi connectivity index (χ3v) is 3.47. The van der Waals surface area contributed by atoms with Gasteiger partial charge >= 0.3 is 0 Å². The summed E-state index contributed by atoms with van der Waals surface area (Å²) >= 11 is 12.0. The van der Waals surface area contributed by atoms with Crippen LogP contribution in [0, 0.1) is 0 Å². The van der Waals surface area contributed by atoms with Crippen molar-refractivity contribution in [2.24, 2.45) is 0 Å². The van der Waals surface area contributed by atoms with Crippen molar-refractivity contribution in [1.29, 1.82) is 0 Å². The second-order valence-corrected chi connectivity index (χ2v) is 5.36. The lowest BCUT2D eigenvalue weighted by Gasteiger charge is -2.07. The monoisotopic (exact) mass is 351 g/mol. The average molecular weight is 352 g/mol. The average Bonchev–Trinajstić information content (AvgIpc) is 2.55. The number of halogens is 2. The third kappa shape index (κ3) is 5.28. The summed E-state index contributed by atoms with van der Waals surface area (Å²) in [6.45, 7) is 0.165. The number of nitrogens with one attached hydrogen (secondary N) is 1. The van der Waals surface area contributed by atoms with E-state index in [2.05, 4.69) is 5.32 Å². The first kappa shape index (κ1) is 17.3. The van der Waals surface area contributed by atoms with Gasteiger partial charge in [-0.05, 0) is 35.9 Å². The second-order valence-electron chi connectivity index (χ2n) is 4.54. The first-order valence-electron chi connectivity index (χ1n) is 6.75. The van der Waals surface area contributed by atoms with Gasteiger partial charge in [0.25, 0.3) is 0 Å². The zero-order valence-corrected chi connectivity index (χ0v) is 13.9. The number of anilines is 1. The highest BCUT2D eigenvalue weighted by atomic mass is 35.5. The number of hydrogen-bond acceptors (Lipinski definition) is 3. The summed E-state index contributed by atoms with van der Waals surface area (Å²) < 4.78 is 10.2. The van der Waals surface area contributed by atoms with Gasteiger partial charge in [-0.3, -0.25) is 4.79 Å². The van der Waals surface area contributed by atoms with Crippen LogP contribution in [0.4, 0.5) is 5.69 Å². The minimum Gasteiger partial charge on any atom is -0.468 e. The van der Waals surface area contributed by atoms with Gasteiger partial charge in [-0.15, -0.1) is 0 Å². The van der Waals surface area contributed by atoms with Gasteiger partial charge < -0.3 is 14.8 Å². The van der Waals surface area contributed by atoms with Gasteiger partial charge in [0.1, 0.15) is 5.75 Å². The van der Waals surface area contributed by atoms with Crippen molar-refractivity contribution in [3.63, 3.8) is 0 Å². The molecular formula is C17H15Cl2NO3. The molecule has 2 aromatic rings. The molecule has 120 valence electrons. The van der Waals surface area contributed by atoms with Crippen LogP contribution in [0.5, 0.6) is 5.75 Å². The first-order valence-corrected chi connectivity index (χ1v) is 7.50. The van der Waals surface area contributed by atoms with Gasteiger partial charge in [0.05, 0.1) is 15.7 Å². The maximum Gasteiger partial charge on any atom is 0.248 e. The van der Waals surface area contributed by atoms with Crippen LogP contribution < -0.4 is 10.1 Å². The van der Waals surface area contributed by atoms with Gasteiger partial charge in [0.2, 0.25) is 5.91 Å². The smallest absolute Gasteiger partial charge is 0.248 e. The molecule has 0 saturated carbocycles. The third-order valence-electron chi connectivity index (χ3n) is 2.84. The molecule has 0 heterocycles. The van der Waals surface area contributed by atoms with E-state index in [0.29, 0.717) is 21.5 Å². The van der Waals surface area contributed by atoms with Crippen LogP contribution in [0.15, 0.2) is 48.5 Å². The molecule has 1 amide bonds. The quantitative estimate of drug-likeness (QED) is 0.609. The van der Waals surface area contributed by atoms with Crippen molar-refractivity contribution in [2.75, 3.05) is 19.2 Å². The molecule has 4 nitrogen and oxygen atoms in total. The molecular weight excluding hydrogens is 337 g/mol. The van der Waals surface area contributed by atoms with Gasteiger partial charge in [-0.2, -0.15) is 0 Å². The van der Waals surface area contributed by atoms with E-state index in [1.165, 1.54) is 6.08 Å². The Hall–Kier alpha value is -2.01. The molecule has 0 bridgehead atoms. The number of ether oxygens (including phenoxy) is 2. The van der Waals surface area contributed by atoms with E-state index in [1.54, 1.807) is 43.5 Å². The Kier molecular flexibility index (Phi) is 6.47. The molecule has 1 N–H and O–H groups in total. The van der Waals surface area contributed by atoms with Crippen molar-refractivity contribution in [3.8, 4) is 5.75 Å². The van der Waals surface area contributed by atoms with E-state index >= 15 is 0 Å². The Labute approximate surface area is 144 Å². The number of carbonyl (C=O) groups excluding carboxylic acids is 1. The maximum absolute atomic E-state index is 12.0. The van der Waals surface area contributed by atoms with Crippen molar-refractivity contribution in [1.82, 2.24) is 0 Å². The van der Waals surface area contributed by atoms with Crippen LogP contribution in [0.2, 0.25) is 10.0 Å². The molecule has 0 radical (unpaired) electrons. The molecule has 6 heteroatoms.